The highest BCUT2D eigenvalue weighted by molar-refractivity contribution is 7.13. The summed E-state index contributed by atoms with van der Waals surface area (Å²) in [5, 5.41) is 3.46. The summed E-state index contributed by atoms with van der Waals surface area (Å²) in [5.74, 6) is 1.71. The zero-order valence-corrected chi connectivity index (χ0v) is 16.1. The third-order valence-corrected chi connectivity index (χ3v) is 6.36. The molecule has 1 saturated carbocycles. The Bertz CT molecular complexity index is 876. The molecule has 2 atom stereocenters. The number of benzene rings is 1. The van der Waals surface area contributed by atoms with E-state index in [0.29, 0.717) is 21.9 Å². The maximum atomic E-state index is 6.21. The van der Waals surface area contributed by atoms with Crippen LogP contribution in [0.2, 0.25) is 10.0 Å². The number of hydrogen-bond donors (Lipinski definition) is 1. The second-order valence-corrected chi connectivity index (χ2v) is 8.87. The van der Waals surface area contributed by atoms with Crippen molar-refractivity contribution in [1.82, 2.24) is 9.97 Å². The van der Waals surface area contributed by atoms with E-state index in [1.54, 1.807) is 17.4 Å². The normalized spacial score (nSPS) is 21.9. The van der Waals surface area contributed by atoms with Gasteiger partial charge >= 0.3 is 0 Å². The Kier molecular flexibility index (Phi) is 3.79. The molecule has 124 valence electrons. The molecule has 2 nitrogen and oxygen atoms in total. The maximum Gasteiger partial charge on any atom is 0.147 e. The van der Waals surface area contributed by atoms with Crippen LogP contribution in [0.5, 0.6) is 0 Å². The van der Waals surface area contributed by atoms with E-state index in [9.17, 15) is 0 Å². The third-order valence-electron chi connectivity index (χ3n) is 5.04. The molecule has 0 amide bonds. The summed E-state index contributed by atoms with van der Waals surface area (Å²) in [4.78, 5) is 9.54. The zero-order valence-electron chi connectivity index (χ0n) is 13.7. The summed E-state index contributed by atoms with van der Waals surface area (Å²) >= 11 is 14.1. The van der Waals surface area contributed by atoms with Gasteiger partial charge in [0.15, 0.2) is 0 Å². The molecule has 1 fully saturated rings. The highest BCUT2D eigenvalue weighted by atomic mass is 35.5. The summed E-state index contributed by atoms with van der Waals surface area (Å²) in [5.41, 5.74) is 3.64. The van der Waals surface area contributed by atoms with Crippen LogP contribution >= 0.6 is 34.5 Å². The van der Waals surface area contributed by atoms with Gasteiger partial charge in [-0.05, 0) is 53.5 Å². The van der Waals surface area contributed by atoms with Gasteiger partial charge in [-0.1, -0.05) is 43.1 Å². The van der Waals surface area contributed by atoms with E-state index < -0.39 is 0 Å². The maximum absolute atomic E-state index is 6.21. The number of rotatable bonds is 3. The number of hydrogen-bond acceptors (Lipinski definition) is 2. The fraction of sp³-hybridized carbons (Fsp3) is 0.316. The molecular weight excluding hydrogens is 359 g/mol. The van der Waals surface area contributed by atoms with Crippen molar-refractivity contribution in [2.24, 2.45) is 5.41 Å². The van der Waals surface area contributed by atoms with Gasteiger partial charge in [0.25, 0.3) is 0 Å². The lowest BCUT2D eigenvalue weighted by Crippen LogP contribution is -1.92. The fourth-order valence-electron chi connectivity index (χ4n) is 3.83. The first-order valence-electron chi connectivity index (χ1n) is 7.94. The molecule has 3 aromatic rings. The van der Waals surface area contributed by atoms with Gasteiger partial charge in [0, 0.05) is 21.7 Å². The van der Waals surface area contributed by atoms with Gasteiger partial charge in [-0.3, -0.25) is 0 Å². The lowest BCUT2D eigenvalue weighted by Gasteiger charge is -2.04. The van der Waals surface area contributed by atoms with E-state index in [4.69, 9.17) is 28.2 Å². The molecule has 2 heterocycles. The predicted octanol–water partition coefficient (Wildman–Crippen LogP) is 6.66. The lowest BCUT2D eigenvalue weighted by molar-refractivity contribution is 0.597. The topological polar surface area (TPSA) is 28.7 Å². The Hall–Kier alpha value is -1.29. The van der Waals surface area contributed by atoms with E-state index in [-0.39, 0.29) is 5.41 Å². The van der Waals surface area contributed by atoms with Crippen LogP contribution in [-0.2, 0) is 0 Å². The Morgan fingerprint density at radius 1 is 1.12 bits per heavy atom. The molecule has 5 heteroatoms. The standard InChI is InChI=1S/C19H18Cl2N2S/c1-10-17(23-18(22-10)14-5-4-6-24-14)16-15(19(16,2)3)11-7-12(20)9-13(21)8-11/h4-9,15-16H,1-3H3,(H,22,23). The highest BCUT2D eigenvalue weighted by Gasteiger charge is 2.60. The number of aromatic amines is 1. The van der Waals surface area contributed by atoms with E-state index in [2.05, 4.69) is 43.3 Å². The van der Waals surface area contributed by atoms with Gasteiger partial charge in [0.2, 0.25) is 0 Å². The monoisotopic (exact) mass is 376 g/mol. The SMILES string of the molecule is Cc1[nH]c(-c2cccs2)nc1C1C(c2cc(Cl)cc(Cl)c2)C1(C)C. The minimum Gasteiger partial charge on any atom is -0.341 e. The number of imidazole rings is 1. The molecule has 0 radical (unpaired) electrons. The van der Waals surface area contributed by atoms with Crippen molar-refractivity contribution in [2.75, 3.05) is 0 Å². The summed E-state index contributed by atoms with van der Waals surface area (Å²) in [6.07, 6.45) is 0. The van der Waals surface area contributed by atoms with Crippen molar-refractivity contribution >= 4 is 34.5 Å². The van der Waals surface area contributed by atoms with Gasteiger partial charge in [0.05, 0.1) is 10.6 Å². The molecule has 2 unspecified atom stereocenters. The number of aryl methyl sites for hydroxylation is 1. The number of nitrogens with zero attached hydrogens (tertiary/aromatic N) is 1. The number of thiophene rings is 1. The minimum atomic E-state index is 0.140. The number of halogens is 2. The van der Waals surface area contributed by atoms with Gasteiger partial charge in [-0.25, -0.2) is 4.98 Å². The molecule has 0 spiro atoms. The molecular formula is C19H18Cl2N2S. The van der Waals surface area contributed by atoms with Crippen molar-refractivity contribution in [3.05, 3.63) is 62.7 Å². The predicted molar refractivity (Wildman–Crippen MR) is 102 cm³/mol. The number of nitrogens with one attached hydrogen (secondary N) is 1. The molecule has 1 aliphatic rings. The smallest absolute Gasteiger partial charge is 0.147 e. The molecule has 4 rings (SSSR count). The molecule has 0 saturated heterocycles. The average Bonchev–Trinajstić information content (AvgIpc) is 2.92. The summed E-state index contributed by atoms with van der Waals surface area (Å²) < 4.78 is 0. The van der Waals surface area contributed by atoms with Crippen molar-refractivity contribution in [2.45, 2.75) is 32.6 Å². The Labute approximate surface area is 155 Å². The van der Waals surface area contributed by atoms with E-state index in [0.717, 1.165) is 17.2 Å². The van der Waals surface area contributed by atoms with Crippen LogP contribution in [0.15, 0.2) is 35.7 Å². The third kappa shape index (κ3) is 2.59. The van der Waals surface area contributed by atoms with E-state index >= 15 is 0 Å². The first kappa shape index (κ1) is 16.2. The largest absolute Gasteiger partial charge is 0.341 e. The van der Waals surface area contributed by atoms with Crippen LogP contribution in [0.25, 0.3) is 10.7 Å². The zero-order chi connectivity index (χ0) is 17.1. The van der Waals surface area contributed by atoms with Gasteiger partial charge in [-0.2, -0.15) is 0 Å². The molecule has 2 aromatic heterocycles. The first-order chi connectivity index (χ1) is 11.4. The van der Waals surface area contributed by atoms with Gasteiger partial charge in [-0.15, -0.1) is 11.3 Å². The summed E-state index contributed by atoms with van der Waals surface area (Å²) in [6.45, 7) is 6.68. The quantitative estimate of drug-likeness (QED) is 0.543. The molecule has 0 aliphatic heterocycles. The fourth-order valence-corrected chi connectivity index (χ4v) is 5.04. The molecule has 1 N–H and O–H groups in total. The molecule has 0 bridgehead atoms. The minimum absolute atomic E-state index is 0.140. The Morgan fingerprint density at radius 2 is 1.83 bits per heavy atom. The second-order valence-electron chi connectivity index (χ2n) is 7.05. The average molecular weight is 377 g/mol. The van der Waals surface area contributed by atoms with E-state index in [1.165, 1.54) is 10.4 Å². The van der Waals surface area contributed by atoms with Crippen LogP contribution in [0, 0.1) is 12.3 Å². The van der Waals surface area contributed by atoms with Gasteiger partial charge < -0.3 is 4.98 Å². The lowest BCUT2D eigenvalue weighted by atomic mass is 10.0. The van der Waals surface area contributed by atoms with Crippen LogP contribution in [-0.4, -0.2) is 9.97 Å². The van der Waals surface area contributed by atoms with Crippen molar-refractivity contribution < 1.29 is 0 Å². The number of aromatic nitrogens is 2. The highest BCUT2D eigenvalue weighted by Crippen LogP contribution is 2.70. The van der Waals surface area contributed by atoms with Crippen molar-refractivity contribution in [1.29, 1.82) is 0 Å². The summed E-state index contributed by atoms with van der Waals surface area (Å²) in [6, 6.07) is 9.99. The Morgan fingerprint density at radius 3 is 2.46 bits per heavy atom. The van der Waals surface area contributed by atoms with Crippen LogP contribution in [0.3, 0.4) is 0 Å². The van der Waals surface area contributed by atoms with Gasteiger partial charge in [0.1, 0.15) is 5.82 Å². The molecule has 1 aromatic carbocycles. The number of H-pyrrole nitrogens is 1. The second kappa shape index (κ2) is 5.62. The van der Waals surface area contributed by atoms with E-state index in [1.807, 2.05) is 12.1 Å². The van der Waals surface area contributed by atoms with Crippen LogP contribution < -0.4 is 0 Å². The van der Waals surface area contributed by atoms with Crippen LogP contribution in [0.1, 0.15) is 42.6 Å². The summed E-state index contributed by atoms with van der Waals surface area (Å²) in [7, 11) is 0. The van der Waals surface area contributed by atoms with Crippen LogP contribution in [0.4, 0.5) is 0 Å². The molecule has 1 aliphatic carbocycles. The first-order valence-corrected chi connectivity index (χ1v) is 9.58. The van der Waals surface area contributed by atoms with Crippen molar-refractivity contribution in [3.8, 4) is 10.7 Å². The molecule has 24 heavy (non-hydrogen) atoms. The van der Waals surface area contributed by atoms with Crippen molar-refractivity contribution in [3.63, 3.8) is 0 Å². The Balaban J connectivity index is 1.72.